The van der Waals surface area contributed by atoms with Crippen LogP contribution in [-0.4, -0.2) is 33.4 Å². The lowest BCUT2D eigenvalue weighted by Gasteiger charge is -2.23. The number of carbonyl (C=O) groups is 2. The Balaban J connectivity index is 1.70. The summed E-state index contributed by atoms with van der Waals surface area (Å²) in [7, 11) is -3.88. The van der Waals surface area contributed by atoms with Crippen molar-refractivity contribution in [3.05, 3.63) is 53.6 Å². The highest BCUT2D eigenvalue weighted by molar-refractivity contribution is 7.92. The Morgan fingerprint density at radius 3 is 2.44 bits per heavy atom. The van der Waals surface area contributed by atoms with Crippen LogP contribution in [-0.2, 0) is 24.3 Å². The summed E-state index contributed by atoms with van der Waals surface area (Å²) in [5, 5.41) is 2.73. The van der Waals surface area contributed by atoms with E-state index in [1.165, 1.54) is 22.5 Å². The van der Waals surface area contributed by atoms with E-state index < -0.39 is 22.5 Å². The quantitative estimate of drug-likeness (QED) is 0.559. The van der Waals surface area contributed by atoms with Crippen molar-refractivity contribution in [3.8, 4) is 0 Å². The highest BCUT2D eigenvalue weighted by atomic mass is 35.5. The molecule has 3 rings (SSSR count). The van der Waals surface area contributed by atoms with Gasteiger partial charge in [-0.15, -0.1) is 0 Å². The minimum absolute atomic E-state index is 0.0119. The number of esters is 1. The summed E-state index contributed by atoms with van der Waals surface area (Å²) in [6.07, 6.45) is 4.64. The monoisotopic (exact) mass is 478 g/mol. The van der Waals surface area contributed by atoms with Crippen LogP contribution in [0.3, 0.4) is 0 Å². The first-order chi connectivity index (χ1) is 15.3. The molecular formula is C23H27ClN2O5S. The maximum atomic E-state index is 13.2. The molecule has 172 valence electrons. The van der Waals surface area contributed by atoms with Crippen LogP contribution in [0.2, 0.25) is 5.02 Å². The fourth-order valence-electron chi connectivity index (χ4n) is 3.75. The van der Waals surface area contributed by atoms with Crippen molar-refractivity contribution >= 4 is 44.9 Å². The number of nitrogens with one attached hydrogen (secondary N) is 1. The van der Waals surface area contributed by atoms with Gasteiger partial charge < -0.3 is 10.1 Å². The predicted octanol–water partition coefficient (Wildman–Crippen LogP) is 4.62. The van der Waals surface area contributed by atoms with Crippen LogP contribution in [0.5, 0.6) is 0 Å². The minimum atomic E-state index is -3.88. The molecular weight excluding hydrogens is 452 g/mol. The molecule has 7 nitrogen and oxygen atoms in total. The summed E-state index contributed by atoms with van der Waals surface area (Å²) in [6, 6.07) is 12.9. The van der Waals surface area contributed by atoms with E-state index in [0.717, 1.165) is 32.1 Å². The third-order valence-electron chi connectivity index (χ3n) is 5.42. The molecule has 0 radical (unpaired) electrons. The number of para-hydroxylation sites is 1. The predicted molar refractivity (Wildman–Crippen MR) is 124 cm³/mol. The molecule has 0 atom stereocenters. The average Bonchev–Trinajstić information content (AvgIpc) is 2.80. The zero-order chi connectivity index (χ0) is 23.1. The molecule has 2 aromatic carbocycles. The second kappa shape index (κ2) is 10.8. The molecule has 32 heavy (non-hydrogen) atoms. The van der Waals surface area contributed by atoms with Crippen molar-refractivity contribution in [2.45, 2.75) is 43.9 Å². The van der Waals surface area contributed by atoms with Crippen molar-refractivity contribution in [2.24, 2.45) is 5.92 Å². The number of amides is 1. The third kappa shape index (κ3) is 5.81. The maximum absolute atomic E-state index is 13.2. The van der Waals surface area contributed by atoms with Crippen LogP contribution in [0.4, 0.5) is 11.4 Å². The molecule has 0 heterocycles. The van der Waals surface area contributed by atoms with Gasteiger partial charge in [-0.3, -0.25) is 13.9 Å². The van der Waals surface area contributed by atoms with Gasteiger partial charge in [0.1, 0.15) is 0 Å². The molecule has 1 fully saturated rings. The number of anilines is 2. The lowest BCUT2D eigenvalue weighted by atomic mass is 9.89. The van der Waals surface area contributed by atoms with Crippen molar-refractivity contribution in [3.63, 3.8) is 0 Å². The van der Waals surface area contributed by atoms with Crippen LogP contribution in [0.25, 0.3) is 0 Å². The molecule has 0 spiro atoms. The summed E-state index contributed by atoms with van der Waals surface area (Å²) in [5.74, 6) is -1.11. The van der Waals surface area contributed by atoms with Gasteiger partial charge in [0.15, 0.2) is 6.61 Å². The van der Waals surface area contributed by atoms with Crippen LogP contribution < -0.4 is 9.62 Å². The molecule has 1 amide bonds. The largest absolute Gasteiger partial charge is 0.455 e. The van der Waals surface area contributed by atoms with Gasteiger partial charge in [0.2, 0.25) is 0 Å². The first-order valence-electron chi connectivity index (χ1n) is 10.7. The van der Waals surface area contributed by atoms with E-state index in [4.69, 9.17) is 16.3 Å². The highest BCUT2D eigenvalue weighted by Crippen LogP contribution is 2.29. The van der Waals surface area contributed by atoms with E-state index in [-0.39, 0.29) is 34.0 Å². The Labute approximate surface area is 193 Å². The zero-order valence-electron chi connectivity index (χ0n) is 17.9. The normalized spacial score (nSPS) is 14.6. The molecule has 0 unspecified atom stereocenters. The van der Waals surface area contributed by atoms with Gasteiger partial charge in [-0.1, -0.05) is 49.1 Å². The number of rotatable bonds is 8. The molecule has 0 aliphatic heterocycles. The topological polar surface area (TPSA) is 92.8 Å². The number of sulfonamides is 1. The first-order valence-corrected chi connectivity index (χ1v) is 12.5. The fourth-order valence-corrected chi connectivity index (χ4v) is 5.42. The Morgan fingerprint density at radius 2 is 1.78 bits per heavy atom. The Hall–Kier alpha value is -2.58. The van der Waals surface area contributed by atoms with E-state index >= 15 is 0 Å². The number of hydrogen-bond donors (Lipinski definition) is 1. The molecule has 9 heteroatoms. The standard InChI is InChI=1S/C23H27ClN2O5S/c1-2-26(18-11-7-4-8-12-18)32(29,30)19-13-14-20(24)21(15-19)25-22(27)16-31-23(28)17-9-5-3-6-10-17/h4,7-8,11-15,17H,2-3,5-6,9-10,16H2,1H3,(H,25,27). The van der Waals surface area contributed by atoms with Crippen LogP contribution >= 0.6 is 11.6 Å². The van der Waals surface area contributed by atoms with Crippen LogP contribution in [0.15, 0.2) is 53.4 Å². The van der Waals surface area contributed by atoms with E-state index in [1.807, 2.05) is 0 Å². The molecule has 0 saturated heterocycles. The van der Waals surface area contributed by atoms with Crippen molar-refractivity contribution in [2.75, 3.05) is 22.8 Å². The second-order valence-corrected chi connectivity index (χ2v) is 9.91. The molecule has 1 aliphatic carbocycles. The lowest BCUT2D eigenvalue weighted by molar-refractivity contribution is -0.152. The van der Waals surface area contributed by atoms with E-state index in [1.54, 1.807) is 37.3 Å². The van der Waals surface area contributed by atoms with E-state index in [9.17, 15) is 18.0 Å². The van der Waals surface area contributed by atoms with E-state index in [2.05, 4.69) is 5.32 Å². The van der Waals surface area contributed by atoms with E-state index in [0.29, 0.717) is 5.69 Å². The highest BCUT2D eigenvalue weighted by Gasteiger charge is 2.25. The minimum Gasteiger partial charge on any atom is -0.455 e. The molecule has 2 aromatic rings. The van der Waals surface area contributed by atoms with Crippen LogP contribution in [0.1, 0.15) is 39.0 Å². The Bertz CT molecular complexity index is 1050. The third-order valence-corrected chi connectivity index (χ3v) is 7.64. The number of halogens is 1. The molecule has 0 aromatic heterocycles. The fraction of sp³-hybridized carbons (Fsp3) is 0.391. The smallest absolute Gasteiger partial charge is 0.309 e. The first kappa shape index (κ1) is 24.1. The number of hydrogen-bond acceptors (Lipinski definition) is 5. The summed E-state index contributed by atoms with van der Waals surface area (Å²) < 4.78 is 32.8. The number of nitrogens with zero attached hydrogens (tertiary/aromatic N) is 1. The van der Waals surface area contributed by atoms with Crippen LogP contribution in [0, 0.1) is 5.92 Å². The molecule has 0 bridgehead atoms. The SMILES string of the molecule is CCN(c1ccccc1)S(=O)(=O)c1ccc(Cl)c(NC(=O)COC(=O)C2CCCCC2)c1. The van der Waals surface area contributed by atoms with Crippen molar-refractivity contribution < 1.29 is 22.7 Å². The summed E-state index contributed by atoms with van der Waals surface area (Å²) in [5.41, 5.74) is 0.667. The molecule has 1 aliphatic rings. The summed E-state index contributed by atoms with van der Waals surface area (Å²) in [4.78, 5) is 24.4. The van der Waals surface area contributed by atoms with Gasteiger partial charge in [-0.05, 0) is 50.1 Å². The number of carbonyl (C=O) groups excluding carboxylic acids is 2. The van der Waals surface area contributed by atoms with Crippen molar-refractivity contribution in [1.29, 1.82) is 0 Å². The number of ether oxygens (including phenoxy) is 1. The average molecular weight is 479 g/mol. The lowest BCUT2D eigenvalue weighted by Crippen LogP contribution is -2.31. The molecule has 1 N–H and O–H groups in total. The summed E-state index contributed by atoms with van der Waals surface area (Å²) >= 11 is 6.17. The Kier molecular flexibility index (Phi) is 8.15. The van der Waals surface area contributed by atoms with Gasteiger partial charge in [0.05, 0.1) is 27.2 Å². The van der Waals surface area contributed by atoms with Gasteiger partial charge in [0, 0.05) is 6.54 Å². The number of benzene rings is 2. The van der Waals surface area contributed by atoms with Crippen molar-refractivity contribution in [1.82, 2.24) is 0 Å². The molecule has 1 saturated carbocycles. The maximum Gasteiger partial charge on any atom is 0.309 e. The van der Waals surface area contributed by atoms with Gasteiger partial charge in [-0.25, -0.2) is 8.42 Å². The van der Waals surface area contributed by atoms with Gasteiger partial charge in [0.25, 0.3) is 15.9 Å². The van der Waals surface area contributed by atoms with Gasteiger partial charge in [-0.2, -0.15) is 0 Å². The zero-order valence-corrected chi connectivity index (χ0v) is 19.5. The van der Waals surface area contributed by atoms with Gasteiger partial charge >= 0.3 is 5.97 Å². The summed E-state index contributed by atoms with van der Waals surface area (Å²) in [6.45, 7) is 1.52. The second-order valence-electron chi connectivity index (χ2n) is 7.64. The Morgan fingerprint density at radius 1 is 1.09 bits per heavy atom.